The van der Waals surface area contributed by atoms with Crippen molar-refractivity contribution in [2.45, 2.75) is 4.90 Å². The van der Waals surface area contributed by atoms with E-state index in [9.17, 15) is 28.0 Å². The topological polar surface area (TPSA) is 142 Å². The van der Waals surface area contributed by atoms with Crippen LogP contribution in [0.4, 0.5) is 11.4 Å². The summed E-state index contributed by atoms with van der Waals surface area (Å²) < 4.78 is 31.8. The minimum absolute atomic E-state index is 0. The molecule has 0 saturated carbocycles. The van der Waals surface area contributed by atoms with E-state index in [2.05, 4.69) is 10.2 Å². The molecule has 3 aromatic carbocycles. The average Bonchev–Trinajstić information content (AvgIpc) is 2.59. The molecule has 0 heterocycles. The molecule has 0 saturated heterocycles. The van der Waals surface area contributed by atoms with Crippen LogP contribution < -0.4 is 69.3 Å². The molecule has 8 nitrogen and oxygen atoms in total. The number of carboxylic acid groups (broad SMARTS) is 1. The number of aromatic carboxylic acids is 1. The van der Waals surface area contributed by atoms with Crippen LogP contribution in [-0.2, 0) is 10.1 Å². The zero-order chi connectivity index (χ0) is 18.9. The molecule has 0 atom stereocenters. The van der Waals surface area contributed by atoms with Crippen molar-refractivity contribution in [1.29, 1.82) is 0 Å². The van der Waals surface area contributed by atoms with Gasteiger partial charge < -0.3 is 15.0 Å². The van der Waals surface area contributed by atoms with Gasteiger partial charge in [0.1, 0.15) is 0 Å². The molecule has 132 valence electrons. The van der Waals surface area contributed by atoms with Crippen LogP contribution in [0, 0.1) is 0 Å². The van der Waals surface area contributed by atoms with Crippen LogP contribution in [0.3, 0.4) is 0 Å². The standard InChI is InChI=1S/C17H12N2O6S.2Na/c20-16-7-5-11(8-14(16)17(21)22)18-19-15-3-1-2-10-4-6-12(9-13(10)15)26(23,24)25;;/h1-9,20H,(H,21,22)(H,23,24,25);;/q;2*+1/p-2. The van der Waals surface area contributed by atoms with Gasteiger partial charge in [0.05, 0.1) is 22.2 Å². The molecule has 0 spiro atoms. The second-order valence-electron chi connectivity index (χ2n) is 5.30. The molecule has 28 heavy (non-hydrogen) atoms. The zero-order valence-corrected chi connectivity index (χ0v) is 19.8. The van der Waals surface area contributed by atoms with Crippen LogP contribution in [0.15, 0.2) is 69.7 Å². The van der Waals surface area contributed by atoms with Gasteiger partial charge in [0.15, 0.2) is 0 Å². The summed E-state index contributed by atoms with van der Waals surface area (Å²) in [4.78, 5) is 10.6. The molecule has 0 aliphatic heterocycles. The number of carboxylic acids is 1. The maximum absolute atomic E-state index is 11.4. The smallest absolute Gasteiger partial charge is 0.872 e. The number of carbonyl (C=O) groups is 1. The number of nitrogens with zero attached hydrogens (tertiary/aromatic N) is 2. The van der Waals surface area contributed by atoms with Gasteiger partial charge >= 0.3 is 59.1 Å². The SMILES string of the molecule is O=C([O-])c1cc(N=Nc2cccc3ccc(S(=O)(=O)O)cc23)ccc1[O-].[Na+].[Na+]. The first kappa shape index (κ1) is 24.7. The fourth-order valence-electron chi connectivity index (χ4n) is 2.33. The minimum Gasteiger partial charge on any atom is -0.872 e. The van der Waals surface area contributed by atoms with Gasteiger partial charge in [-0.05, 0) is 41.3 Å². The van der Waals surface area contributed by atoms with E-state index in [1.165, 1.54) is 24.3 Å². The Morgan fingerprint density at radius 3 is 2.32 bits per heavy atom. The normalized spacial score (nSPS) is 11.0. The van der Waals surface area contributed by atoms with E-state index < -0.39 is 27.4 Å². The largest absolute Gasteiger partial charge is 1.00 e. The van der Waals surface area contributed by atoms with E-state index >= 15 is 0 Å². The van der Waals surface area contributed by atoms with E-state index in [4.69, 9.17) is 0 Å². The van der Waals surface area contributed by atoms with Gasteiger partial charge in [0.25, 0.3) is 10.1 Å². The summed E-state index contributed by atoms with van der Waals surface area (Å²) in [5.41, 5.74) is -0.117. The van der Waals surface area contributed by atoms with E-state index in [0.29, 0.717) is 16.5 Å². The van der Waals surface area contributed by atoms with Gasteiger partial charge in [-0.3, -0.25) is 4.55 Å². The molecule has 0 radical (unpaired) electrons. The third-order valence-corrected chi connectivity index (χ3v) is 4.43. The molecule has 0 unspecified atom stereocenters. The number of hydrogen-bond acceptors (Lipinski definition) is 7. The van der Waals surface area contributed by atoms with Crippen LogP contribution >= 0.6 is 0 Å². The number of hydrogen-bond donors (Lipinski definition) is 1. The Hall–Kier alpha value is -1.30. The van der Waals surface area contributed by atoms with Crippen molar-refractivity contribution in [2.24, 2.45) is 10.2 Å². The zero-order valence-electron chi connectivity index (χ0n) is 15.0. The molecule has 3 rings (SSSR count). The Bertz CT molecular complexity index is 1170. The van der Waals surface area contributed by atoms with Gasteiger partial charge in [-0.1, -0.05) is 30.0 Å². The molecule has 11 heteroatoms. The van der Waals surface area contributed by atoms with Crippen molar-refractivity contribution in [3.8, 4) is 5.75 Å². The number of carbonyl (C=O) groups excluding carboxylic acids is 1. The number of benzene rings is 3. The fraction of sp³-hybridized carbons (Fsp3) is 0. The van der Waals surface area contributed by atoms with Crippen LogP contribution in [0.25, 0.3) is 10.8 Å². The van der Waals surface area contributed by atoms with E-state index in [0.717, 1.165) is 12.1 Å². The molecule has 0 aliphatic carbocycles. The monoisotopic (exact) mass is 416 g/mol. The second kappa shape index (κ2) is 9.95. The van der Waals surface area contributed by atoms with Crippen molar-refractivity contribution >= 4 is 38.2 Å². The third kappa shape index (κ3) is 5.62. The van der Waals surface area contributed by atoms with Gasteiger partial charge in [0, 0.05) is 5.39 Å². The fourth-order valence-corrected chi connectivity index (χ4v) is 2.84. The van der Waals surface area contributed by atoms with E-state index in [1.54, 1.807) is 18.2 Å². The van der Waals surface area contributed by atoms with Crippen molar-refractivity contribution in [3.63, 3.8) is 0 Å². The first-order valence-electron chi connectivity index (χ1n) is 7.20. The predicted octanol–water partition coefficient (Wildman–Crippen LogP) is -4.05. The van der Waals surface area contributed by atoms with Crippen molar-refractivity contribution in [2.75, 3.05) is 0 Å². The van der Waals surface area contributed by atoms with Crippen LogP contribution in [-0.4, -0.2) is 18.9 Å². The average molecular weight is 416 g/mol. The number of rotatable bonds is 4. The minimum atomic E-state index is -4.38. The van der Waals surface area contributed by atoms with E-state index in [-0.39, 0.29) is 69.7 Å². The molecule has 1 N–H and O–H groups in total. The van der Waals surface area contributed by atoms with E-state index in [1.807, 2.05) is 0 Å². The summed E-state index contributed by atoms with van der Waals surface area (Å²) in [6.07, 6.45) is 0. The van der Waals surface area contributed by atoms with Crippen molar-refractivity contribution < 1.29 is 87.1 Å². The van der Waals surface area contributed by atoms with Gasteiger partial charge in [-0.15, -0.1) is 5.11 Å². The second-order valence-corrected chi connectivity index (χ2v) is 6.72. The summed E-state index contributed by atoms with van der Waals surface area (Å²) in [5, 5.41) is 31.3. The Morgan fingerprint density at radius 2 is 1.68 bits per heavy atom. The maximum Gasteiger partial charge on any atom is 1.00 e. The van der Waals surface area contributed by atoms with Gasteiger partial charge in [-0.25, -0.2) is 0 Å². The molecule has 3 aromatic rings. The van der Waals surface area contributed by atoms with Gasteiger partial charge in [-0.2, -0.15) is 13.5 Å². The molecule has 0 bridgehead atoms. The Kier molecular flexibility index (Phi) is 8.79. The van der Waals surface area contributed by atoms with Crippen molar-refractivity contribution in [3.05, 3.63) is 60.2 Å². The molecule has 0 aromatic heterocycles. The molecule has 0 fully saturated rings. The number of fused-ring (bicyclic) bond motifs is 1. The maximum atomic E-state index is 11.4. The summed E-state index contributed by atoms with van der Waals surface area (Å²) in [6, 6.07) is 12.4. The van der Waals surface area contributed by atoms with Gasteiger partial charge in [0.2, 0.25) is 0 Å². The molecular formula is C17H10N2Na2O6S. The Morgan fingerprint density at radius 1 is 0.964 bits per heavy atom. The molecule has 0 aliphatic rings. The Balaban J connectivity index is 0.00000196. The summed E-state index contributed by atoms with van der Waals surface area (Å²) in [6.45, 7) is 0. The quantitative estimate of drug-likeness (QED) is 0.261. The predicted molar refractivity (Wildman–Crippen MR) is 88.2 cm³/mol. The molecule has 0 amide bonds. The van der Waals surface area contributed by atoms with Crippen LogP contribution in [0.5, 0.6) is 5.75 Å². The summed E-state index contributed by atoms with van der Waals surface area (Å²) >= 11 is 0. The van der Waals surface area contributed by atoms with Crippen LogP contribution in [0.1, 0.15) is 10.4 Å². The number of azo groups is 1. The third-order valence-electron chi connectivity index (χ3n) is 3.58. The van der Waals surface area contributed by atoms with Crippen molar-refractivity contribution in [1.82, 2.24) is 0 Å². The summed E-state index contributed by atoms with van der Waals surface area (Å²) in [5.74, 6) is -2.32. The summed E-state index contributed by atoms with van der Waals surface area (Å²) in [7, 11) is -4.38. The molecular weight excluding hydrogens is 406 g/mol. The first-order valence-corrected chi connectivity index (χ1v) is 8.64. The first-order chi connectivity index (χ1) is 12.3. The van der Waals surface area contributed by atoms with Crippen LogP contribution in [0.2, 0.25) is 0 Å². The Labute approximate surface area is 204 Å².